The van der Waals surface area contributed by atoms with Gasteiger partial charge in [-0.05, 0) is 55.8 Å². The van der Waals surface area contributed by atoms with Gasteiger partial charge in [-0.25, -0.2) is 0 Å². The molecule has 19 heavy (non-hydrogen) atoms. The summed E-state index contributed by atoms with van der Waals surface area (Å²) < 4.78 is 5.97. The monoisotopic (exact) mass is 266 g/mol. The van der Waals surface area contributed by atoms with E-state index in [2.05, 4.69) is 34.6 Å². The molecule has 2 nitrogen and oxygen atoms in total. The van der Waals surface area contributed by atoms with Crippen LogP contribution in [0.15, 0.2) is 0 Å². The molecule has 0 radical (unpaired) electrons. The van der Waals surface area contributed by atoms with Crippen LogP contribution in [0.4, 0.5) is 0 Å². The summed E-state index contributed by atoms with van der Waals surface area (Å²) in [6, 6.07) is 0. The van der Waals surface area contributed by atoms with E-state index in [9.17, 15) is 4.79 Å². The molecule has 0 aromatic rings. The SMILES string of the molecule is CCC(CC)(CC)OC(=O)C1CC2CC1C(C)C2C. The molecule has 0 spiro atoms. The molecule has 0 N–H and O–H groups in total. The minimum absolute atomic E-state index is 0.0943. The van der Waals surface area contributed by atoms with Gasteiger partial charge in [0.05, 0.1) is 5.92 Å². The molecule has 2 bridgehead atoms. The number of esters is 1. The summed E-state index contributed by atoms with van der Waals surface area (Å²) in [7, 11) is 0. The molecule has 2 saturated carbocycles. The van der Waals surface area contributed by atoms with Crippen LogP contribution in [-0.2, 0) is 9.53 Å². The van der Waals surface area contributed by atoms with E-state index in [1.807, 2.05) is 0 Å². The van der Waals surface area contributed by atoms with Gasteiger partial charge in [0.25, 0.3) is 0 Å². The van der Waals surface area contributed by atoms with E-state index in [-0.39, 0.29) is 17.5 Å². The fraction of sp³-hybridized carbons (Fsp3) is 0.941. The lowest BCUT2D eigenvalue weighted by molar-refractivity contribution is -0.169. The van der Waals surface area contributed by atoms with Crippen molar-refractivity contribution < 1.29 is 9.53 Å². The van der Waals surface area contributed by atoms with E-state index in [0.29, 0.717) is 11.8 Å². The van der Waals surface area contributed by atoms with Gasteiger partial charge in [0, 0.05) is 0 Å². The zero-order valence-electron chi connectivity index (χ0n) is 13.2. The molecular weight excluding hydrogens is 236 g/mol. The van der Waals surface area contributed by atoms with Gasteiger partial charge in [-0.2, -0.15) is 0 Å². The Labute approximate surface area is 118 Å². The third-order valence-corrected chi connectivity index (χ3v) is 6.45. The maximum Gasteiger partial charge on any atom is 0.309 e. The molecule has 2 heteroatoms. The lowest BCUT2D eigenvalue weighted by Crippen LogP contribution is -2.38. The highest BCUT2D eigenvalue weighted by molar-refractivity contribution is 5.74. The lowest BCUT2D eigenvalue weighted by atomic mass is 9.75. The van der Waals surface area contributed by atoms with Crippen molar-refractivity contribution in [3.8, 4) is 0 Å². The molecule has 0 aliphatic heterocycles. The maximum absolute atomic E-state index is 12.6. The predicted octanol–water partition coefficient (Wildman–Crippen LogP) is 4.43. The third-order valence-electron chi connectivity index (χ3n) is 6.45. The fourth-order valence-corrected chi connectivity index (χ4v) is 4.47. The molecule has 110 valence electrons. The molecular formula is C17H30O2. The summed E-state index contributed by atoms with van der Waals surface area (Å²) in [6.07, 6.45) is 5.11. The minimum atomic E-state index is -0.215. The lowest BCUT2D eigenvalue weighted by Gasteiger charge is -2.35. The van der Waals surface area contributed by atoms with Crippen LogP contribution in [0.2, 0.25) is 0 Å². The maximum atomic E-state index is 12.6. The van der Waals surface area contributed by atoms with Crippen molar-refractivity contribution in [1.29, 1.82) is 0 Å². The standard InChI is InChI=1S/C17H30O2/c1-6-17(7-2,8-3)19-16(18)15-10-13-9-14(15)12(5)11(13)4/h11-15H,6-10H2,1-5H3. The van der Waals surface area contributed by atoms with Crippen LogP contribution in [0.5, 0.6) is 0 Å². The van der Waals surface area contributed by atoms with Crippen molar-refractivity contribution in [2.75, 3.05) is 0 Å². The van der Waals surface area contributed by atoms with Gasteiger partial charge < -0.3 is 4.74 Å². The summed E-state index contributed by atoms with van der Waals surface area (Å²) in [5, 5.41) is 0. The molecule has 5 atom stereocenters. The second kappa shape index (κ2) is 5.46. The Hall–Kier alpha value is -0.530. The van der Waals surface area contributed by atoms with Crippen molar-refractivity contribution in [2.24, 2.45) is 29.6 Å². The molecule has 0 aromatic carbocycles. The summed E-state index contributed by atoms with van der Waals surface area (Å²) >= 11 is 0. The van der Waals surface area contributed by atoms with Gasteiger partial charge in [0.15, 0.2) is 0 Å². The van der Waals surface area contributed by atoms with Crippen LogP contribution in [0.3, 0.4) is 0 Å². The Morgan fingerprint density at radius 1 is 1.05 bits per heavy atom. The van der Waals surface area contributed by atoms with Crippen molar-refractivity contribution in [1.82, 2.24) is 0 Å². The van der Waals surface area contributed by atoms with Gasteiger partial charge in [-0.3, -0.25) is 4.79 Å². The zero-order chi connectivity index (χ0) is 14.2. The van der Waals surface area contributed by atoms with Gasteiger partial charge >= 0.3 is 5.97 Å². The van der Waals surface area contributed by atoms with E-state index >= 15 is 0 Å². The van der Waals surface area contributed by atoms with Crippen LogP contribution in [0.1, 0.15) is 66.7 Å². The Kier molecular flexibility index (Phi) is 4.27. The number of ether oxygens (including phenoxy) is 1. The Morgan fingerprint density at radius 3 is 2.05 bits per heavy atom. The molecule has 0 saturated heterocycles. The van der Waals surface area contributed by atoms with E-state index < -0.39 is 0 Å². The molecule has 2 aliphatic rings. The van der Waals surface area contributed by atoms with E-state index in [1.54, 1.807) is 0 Å². The van der Waals surface area contributed by atoms with Gasteiger partial charge in [0.1, 0.15) is 5.60 Å². The Bertz CT molecular complexity index is 322. The molecule has 2 aliphatic carbocycles. The number of hydrogen-bond acceptors (Lipinski definition) is 2. The normalized spacial score (nSPS) is 37.6. The van der Waals surface area contributed by atoms with Crippen LogP contribution < -0.4 is 0 Å². The van der Waals surface area contributed by atoms with Crippen LogP contribution in [0, 0.1) is 29.6 Å². The molecule has 2 rings (SSSR count). The highest BCUT2D eigenvalue weighted by atomic mass is 16.6. The minimum Gasteiger partial charge on any atom is -0.459 e. The van der Waals surface area contributed by atoms with Crippen LogP contribution in [0.25, 0.3) is 0 Å². The molecule has 0 aromatic heterocycles. The topological polar surface area (TPSA) is 26.3 Å². The highest BCUT2D eigenvalue weighted by Gasteiger charge is 2.52. The largest absolute Gasteiger partial charge is 0.459 e. The van der Waals surface area contributed by atoms with Gasteiger partial charge in [0.2, 0.25) is 0 Å². The second-order valence-electron chi connectivity index (χ2n) is 6.88. The number of carbonyl (C=O) groups is 1. The average molecular weight is 266 g/mol. The van der Waals surface area contributed by atoms with Crippen molar-refractivity contribution in [2.45, 2.75) is 72.3 Å². The van der Waals surface area contributed by atoms with Crippen molar-refractivity contribution in [3.63, 3.8) is 0 Å². The first kappa shape index (κ1) is 14.9. The first-order valence-electron chi connectivity index (χ1n) is 8.20. The number of rotatable bonds is 5. The Morgan fingerprint density at radius 2 is 1.63 bits per heavy atom. The number of hydrogen-bond donors (Lipinski definition) is 0. The summed E-state index contributed by atoms with van der Waals surface area (Å²) in [4.78, 5) is 12.6. The zero-order valence-corrected chi connectivity index (χ0v) is 13.2. The smallest absolute Gasteiger partial charge is 0.309 e. The van der Waals surface area contributed by atoms with Crippen LogP contribution >= 0.6 is 0 Å². The quantitative estimate of drug-likeness (QED) is 0.688. The number of fused-ring (bicyclic) bond motifs is 2. The molecule has 5 unspecified atom stereocenters. The summed E-state index contributed by atoms with van der Waals surface area (Å²) in [5.74, 6) is 3.10. The Balaban J connectivity index is 2.02. The molecule has 0 amide bonds. The average Bonchev–Trinajstić information content (AvgIpc) is 2.97. The number of carbonyl (C=O) groups excluding carboxylic acids is 1. The van der Waals surface area contributed by atoms with Crippen molar-refractivity contribution >= 4 is 5.97 Å². The van der Waals surface area contributed by atoms with E-state index in [4.69, 9.17) is 4.74 Å². The molecule has 0 heterocycles. The summed E-state index contributed by atoms with van der Waals surface area (Å²) in [5.41, 5.74) is -0.215. The molecule has 2 fully saturated rings. The highest BCUT2D eigenvalue weighted by Crippen LogP contribution is 2.55. The summed E-state index contributed by atoms with van der Waals surface area (Å²) in [6.45, 7) is 11.1. The van der Waals surface area contributed by atoms with E-state index in [1.165, 1.54) is 6.42 Å². The van der Waals surface area contributed by atoms with Gasteiger partial charge in [-0.15, -0.1) is 0 Å². The predicted molar refractivity (Wildman–Crippen MR) is 77.7 cm³/mol. The second-order valence-corrected chi connectivity index (χ2v) is 6.88. The van der Waals surface area contributed by atoms with Crippen molar-refractivity contribution in [3.05, 3.63) is 0 Å². The van der Waals surface area contributed by atoms with Crippen LogP contribution in [-0.4, -0.2) is 11.6 Å². The van der Waals surface area contributed by atoms with E-state index in [0.717, 1.165) is 37.5 Å². The van der Waals surface area contributed by atoms with Gasteiger partial charge in [-0.1, -0.05) is 34.6 Å². The first-order valence-corrected chi connectivity index (χ1v) is 8.20. The fourth-order valence-electron chi connectivity index (χ4n) is 4.47. The third kappa shape index (κ3) is 2.43. The first-order chi connectivity index (χ1) is 8.98.